The molecule has 0 aliphatic carbocycles. The zero-order chi connectivity index (χ0) is 30.2. The SMILES string of the molecule is CCN(CC)C(=O)c1cc(NC(=O)Nc2ccc(C3=NCCN3)cc2)cc(NC(=O)Nc2ccc(C3=NCCN3)cc2)c1.Cl.Cl. The lowest BCUT2D eigenvalue weighted by atomic mass is 10.1. The van der Waals surface area contributed by atoms with Crippen molar-refractivity contribution < 1.29 is 14.4 Å². The molecule has 0 fully saturated rings. The van der Waals surface area contributed by atoms with E-state index in [0.717, 1.165) is 49.0 Å². The number of anilines is 4. The van der Waals surface area contributed by atoms with Crippen molar-refractivity contribution in [3.63, 3.8) is 0 Å². The van der Waals surface area contributed by atoms with Crippen molar-refractivity contribution in [2.45, 2.75) is 13.8 Å². The number of amides is 5. The van der Waals surface area contributed by atoms with Crippen LogP contribution in [0, 0.1) is 0 Å². The molecule has 3 aromatic rings. The quantitative estimate of drug-likeness (QED) is 0.192. The molecular weight excluding hydrogens is 617 g/mol. The van der Waals surface area contributed by atoms with Crippen LogP contribution in [0.4, 0.5) is 32.3 Å². The maximum absolute atomic E-state index is 13.2. The number of aliphatic imine (C=N–C) groups is 2. The predicted molar refractivity (Wildman–Crippen MR) is 185 cm³/mol. The number of nitrogens with one attached hydrogen (secondary N) is 6. The summed E-state index contributed by atoms with van der Waals surface area (Å²) in [5.41, 5.74) is 4.10. The molecule has 0 atom stereocenters. The van der Waals surface area contributed by atoms with Crippen molar-refractivity contribution in [3.05, 3.63) is 83.4 Å². The summed E-state index contributed by atoms with van der Waals surface area (Å²) in [6.07, 6.45) is 0. The number of rotatable bonds is 9. The molecule has 2 aliphatic rings. The first-order valence-electron chi connectivity index (χ1n) is 14.3. The van der Waals surface area contributed by atoms with Crippen LogP contribution >= 0.6 is 24.8 Å². The lowest BCUT2D eigenvalue weighted by molar-refractivity contribution is 0.0773. The Morgan fingerprint density at radius 3 is 1.40 bits per heavy atom. The fraction of sp³-hybridized carbons (Fsp3) is 0.258. The minimum Gasteiger partial charge on any atom is -0.368 e. The zero-order valence-corrected chi connectivity index (χ0v) is 26.6. The lowest BCUT2D eigenvalue weighted by Crippen LogP contribution is -2.30. The molecule has 3 aromatic carbocycles. The van der Waals surface area contributed by atoms with Crippen molar-refractivity contribution in [3.8, 4) is 0 Å². The molecule has 12 nitrogen and oxygen atoms in total. The molecule has 0 bridgehead atoms. The standard InChI is InChI=1S/C31H35N9O3.2ClH/c1-3-40(4-2)29(41)22-17-25(38-30(42)36-23-9-5-20(6-10-23)27-32-13-14-33-27)19-26(18-22)39-31(43)37-24-11-7-21(8-12-24)28-34-15-16-35-28;;/h5-12,17-19H,3-4,13-16H2,1-2H3,(H,32,33)(H,34,35)(H2,36,38,42)(H2,37,39,43);2*1H. The Morgan fingerprint density at radius 2 is 1.04 bits per heavy atom. The zero-order valence-electron chi connectivity index (χ0n) is 25.0. The fourth-order valence-electron chi connectivity index (χ4n) is 4.78. The second-order valence-electron chi connectivity index (χ2n) is 9.90. The Balaban J connectivity index is 0.00000276. The highest BCUT2D eigenvalue weighted by Gasteiger charge is 2.17. The van der Waals surface area contributed by atoms with E-state index in [4.69, 9.17) is 0 Å². The van der Waals surface area contributed by atoms with Crippen molar-refractivity contribution in [1.82, 2.24) is 15.5 Å². The molecular formula is C31H37Cl2N9O3. The topological polar surface area (TPSA) is 151 Å². The van der Waals surface area contributed by atoms with Gasteiger partial charge in [-0.2, -0.15) is 0 Å². The van der Waals surface area contributed by atoms with Crippen molar-refractivity contribution in [2.75, 3.05) is 60.5 Å². The minimum absolute atomic E-state index is 0. The summed E-state index contributed by atoms with van der Waals surface area (Å²) in [6.45, 7) is 7.94. The van der Waals surface area contributed by atoms with Gasteiger partial charge in [0.25, 0.3) is 5.91 Å². The largest absolute Gasteiger partial charge is 0.368 e. The molecule has 5 rings (SSSR count). The molecule has 238 valence electrons. The Bertz CT molecular complexity index is 1460. The summed E-state index contributed by atoms with van der Waals surface area (Å²) in [5, 5.41) is 17.6. The summed E-state index contributed by atoms with van der Waals surface area (Å²) in [7, 11) is 0. The van der Waals surface area contributed by atoms with Crippen LogP contribution < -0.4 is 31.9 Å². The molecule has 2 heterocycles. The predicted octanol–water partition coefficient (Wildman–Crippen LogP) is 5.00. The third-order valence-electron chi connectivity index (χ3n) is 6.93. The van der Waals surface area contributed by atoms with Crippen molar-refractivity contribution in [2.24, 2.45) is 9.98 Å². The molecule has 5 amide bonds. The molecule has 2 aliphatic heterocycles. The first kappa shape index (κ1) is 34.7. The highest BCUT2D eigenvalue weighted by atomic mass is 35.5. The third-order valence-corrected chi connectivity index (χ3v) is 6.93. The van der Waals surface area contributed by atoms with E-state index >= 15 is 0 Å². The van der Waals surface area contributed by atoms with Gasteiger partial charge in [0.05, 0.1) is 13.1 Å². The summed E-state index contributed by atoms with van der Waals surface area (Å²) in [4.78, 5) is 49.4. The number of urea groups is 2. The van der Waals surface area contributed by atoms with Gasteiger partial charge in [0, 0.05) is 65.6 Å². The smallest absolute Gasteiger partial charge is 0.323 e. The fourth-order valence-corrected chi connectivity index (χ4v) is 4.78. The van der Waals surface area contributed by atoms with E-state index in [1.165, 1.54) is 0 Å². The number of hydrogen-bond acceptors (Lipinski definition) is 7. The van der Waals surface area contributed by atoms with Crippen LogP contribution in [0.1, 0.15) is 35.3 Å². The third kappa shape index (κ3) is 9.10. The lowest BCUT2D eigenvalue weighted by Gasteiger charge is -2.20. The van der Waals surface area contributed by atoms with E-state index in [1.807, 2.05) is 38.1 Å². The number of nitrogens with zero attached hydrogens (tertiary/aromatic N) is 3. The van der Waals surface area contributed by atoms with Crippen LogP contribution in [-0.2, 0) is 0 Å². The highest BCUT2D eigenvalue weighted by Crippen LogP contribution is 2.22. The van der Waals surface area contributed by atoms with Crippen LogP contribution in [0.25, 0.3) is 0 Å². The minimum atomic E-state index is -0.492. The maximum Gasteiger partial charge on any atom is 0.323 e. The van der Waals surface area contributed by atoms with Crippen LogP contribution in [-0.4, -0.2) is 73.8 Å². The van der Waals surface area contributed by atoms with E-state index in [9.17, 15) is 14.4 Å². The average molecular weight is 655 g/mol. The number of carbonyl (C=O) groups excluding carboxylic acids is 3. The van der Waals surface area contributed by atoms with Gasteiger partial charge in [-0.25, -0.2) is 9.59 Å². The molecule has 0 radical (unpaired) electrons. The van der Waals surface area contributed by atoms with E-state index < -0.39 is 12.1 Å². The molecule has 45 heavy (non-hydrogen) atoms. The Labute approximate surface area is 274 Å². The number of benzene rings is 3. The number of carbonyl (C=O) groups is 3. The van der Waals surface area contributed by atoms with Crippen LogP contribution in [0.2, 0.25) is 0 Å². The summed E-state index contributed by atoms with van der Waals surface area (Å²) >= 11 is 0. The molecule has 6 N–H and O–H groups in total. The normalized spacial score (nSPS) is 13.0. The molecule has 0 saturated heterocycles. The van der Waals surface area contributed by atoms with Gasteiger partial charge in [-0.05, 0) is 80.6 Å². The van der Waals surface area contributed by atoms with E-state index in [-0.39, 0.29) is 30.7 Å². The monoisotopic (exact) mass is 653 g/mol. The second-order valence-corrected chi connectivity index (χ2v) is 9.90. The molecule has 0 unspecified atom stereocenters. The summed E-state index contributed by atoms with van der Waals surface area (Å²) in [5.74, 6) is 1.46. The van der Waals surface area contributed by atoms with Gasteiger partial charge in [0.15, 0.2) is 0 Å². The first-order chi connectivity index (χ1) is 20.9. The van der Waals surface area contributed by atoms with Gasteiger partial charge in [-0.15, -0.1) is 24.8 Å². The second kappa shape index (κ2) is 16.3. The number of hydrogen-bond donors (Lipinski definition) is 6. The van der Waals surface area contributed by atoms with E-state index in [1.54, 1.807) is 47.4 Å². The van der Waals surface area contributed by atoms with Crippen molar-refractivity contribution in [1.29, 1.82) is 0 Å². The molecule has 0 saturated carbocycles. The average Bonchev–Trinajstić information content (AvgIpc) is 3.74. The maximum atomic E-state index is 13.2. The van der Waals surface area contributed by atoms with Gasteiger partial charge >= 0.3 is 12.1 Å². The van der Waals surface area contributed by atoms with E-state index in [0.29, 0.717) is 41.4 Å². The van der Waals surface area contributed by atoms with Gasteiger partial charge in [0.2, 0.25) is 0 Å². The van der Waals surface area contributed by atoms with Gasteiger partial charge in [-0.3, -0.25) is 14.8 Å². The number of amidine groups is 2. The number of halogens is 2. The van der Waals surface area contributed by atoms with Crippen LogP contribution in [0.3, 0.4) is 0 Å². The van der Waals surface area contributed by atoms with Crippen LogP contribution in [0.5, 0.6) is 0 Å². The Kier molecular flexibility index (Phi) is 12.6. The first-order valence-corrected chi connectivity index (χ1v) is 14.3. The Hall–Kier alpha value is -4.81. The Morgan fingerprint density at radius 1 is 0.644 bits per heavy atom. The summed E-state index contributed by atoms with van der Waals surface area (Å²) in [6, 6.07) is 18.5. The highest BCUT2D eigenvalue weighted by molar-refractivity contribution is 6.06. The molecule has 0 aromatic heterocycles. The van der Waals surface area contributed by atoms with Gasteiger partial charge < -0.3 is 36.8 Å². The van der Waals surface area contributed by atoms with Crippen molar-refractivity contribution >= 4 is 77.2 Å². The van der Waals surface area contributed by atoms with Gasteiger partial charge in [0.1, 0.15) is 11.7 Å². The summed E-state index contributed by atoms with van der Waals surface area (Å²) < 4.78 is 0. The van der Waals surface area contributed by atoms with Gasteiger partial charge in [-0.1, -0.05) is 0 Å². The van der Waals surface area contributed by atoms with Crippen LogP contribution in [0.15, 0.2) is 76.7 Å². The molecule has 0 spiro atoms. The molecule has 14 heteroatoms. The van der Waals surface area contributed by atoms with E-state index in [2.05, 4.69) is 41.9 Å².